The Morgan fingerprint density at radius 1 is 1.09 bits per heavy atom. The molecule has 34 heavy (non-hydrogen) atoms. The highest BCUT2D eigenvalue weighted by Crippen LogP contribution is 2.30. The minimum Gasteiger partial charge on any atom is -0.483 e. The molecule has 0 radical (unpaired) electrons. The van der Waals surface area contributed by atoms with Gasteiger partial charge in [0.15, 0.2) is 6.61 Å². The Hall–Kier alpha value is -3.19. The molecule has 0 spiro atoms. The third-order valence-corrected chi connectivity index (χ3v) is 6.71. The molecule has 1 atom stereocenters. The van der Waals surface area contributed by atoms with Crippen molar-refractivity contribution in [2.45, 2.75) is 19.5 Å². The normalized spacial score (nSPS) is 11.9. The first kappa shape index (κ1) is 24.0. The summed E-state index contributed by atoms with van der Waals surface area (Å²) in [6.45, 7) is 2.68. The van der Waals surface area contributed by atoms with Crippen LogP contribution in [0.2, 0.25) is 5.02 Å². The van der Waals surface area contributed by atoms with E-state index in [0.717, 1.165) is 21.7 Å². The first-order chi connectivity index (χ1) is 16.5. The Bertz CT molecular complexity index is 1230. The van der Waals surface area contributed by atoms with Gasteiger partial charge < -0.3 is 10.1 Å². The van der Waals surface area contributed by atoms with E-state index in [1.165, 1.54) is 0 Å². The summed E-state index contributed by atoms with van der Waals surface area (Å²) in [5.74, 6) is 0.434. The summed E-state index contributed by atoms with van der Waals surface area (Å²) in [5, 5.41) is 6.44. The van der Waals surface area contributed by atoms with E-state index in [9.17, 15) is 4.79 Å². The van der Waals surface area contributed by atoms with Crippen molar-refractivity contribution in [1.29, 1.82) is 0 Å². The van der Waals surface area contributed by atoms with Crippen LogP contribution in [0.15, 0.2) is 84.4 Å². The number of rotatable bonds is 9. The number of halogens is 1. The Balaban J connectivity index is 1.52. The Labute approximate surface area is 209 Å². The van der Waals surface area contributed by atoms with E-state index >= 15 is 0 Å². The molecule has 3 aromatic carbocycles. The Morgan fingerprint density at radius 2 is 1.91 bits per heavy atom. The molecule has 174 valence electrons. The van der Waals surface area contributed by atoms with Crippen molar-refractivity contribution < 1.29 is 9.53 Å². The van der Waals surface area contributed by atoms with E-state index in [-0.39, 0.29) is 18.6 Å². The summed E-state index contributed by atoms with van der Waals surface area (Å²) >= 11 is 7.65. The summed E-state index contributed by atoms with van der Waals surface area (Å²) in [7, 11) is 2.07. The molecule has 1 unspecified atom stereocenters. The summed E-state index contributed by atoms with van der Waals surface area (Å²) < 4.78 is 5.98. The van der Waals surface area contributed by atoms with Gasteiger partial charge in [-0.1, -0.05) is 54.1 Å². The number of aromatic nitrogens is 1. The number of hydrogen-bond acceptors (Lipinski definition) is 5. The zero-order valence-corrected chi connectivity index (χ0v) is 20.6. The molecule has 1 heterocycles. The Morgan fingerprint density at radius 3 is 2.65 bits per heavy atom. The van der Waals surface area contributed by atoms with Crippen molar-refractivity contribution in [2.75, 3.05) is 19.0 Å². The number of ether oxygens (including phenoxy) is 1. The van der Waals surface area contributed by atoms with Crippen molar-refractivity contribution in [1.82, 2.24) is 9.88 Å². The van der Waals surface area contributed by atoms with Crippen LogP contribution >= 0.6 is 22.9 Å². The first-order valence-corrected chi connectivity index (χ1v) is 12.2. The van der Waals surface area contributed by atoms with Gasteiger partial charge in [0.1, 0.15) is 10.8 Å². The van der Waals surface area contributed by atoms with Crippen LogP contribution in [0.1, 0.15) is 23.5 Å². The number of thiazole rings is 1. The van der Waals surface area contributed by atoms with E-state index in [1.807, 2.05) is 41.9 Å². The molecule has 7 heteroatoms. The topological polar surface area (TPSA) is 54.5 Å². The predicted molar refractivity (Wildman–Crippen MR) is 139 cm³/mol. The SMILES string of the molecule is CC(c1nccs1)N(C)Cc1cc(-c2ccccc2)ccc1OCC(=O)Nc1cccc(Cl)c1. The smallest absolute Gasteiger partial charge is 0.262 e. The summed E-state index contributed by atoms with van der Waals surface area (Å²) in [6.07, 6.45) is 1.83. The number of nitrogens with zero attached hydrogens (tertiary/aromatic N) is 2. The maximum atomic E-state index is 12.5. The highest BCUT2D eigenvalue weighted by molar-refractivity contribution is 7.09. The molecular formula is C27H26ClN3O2S. The number of amides is 1. The lowest BCUT2D eigenvalue weighted by Crippen LogP contribution is -2.23. The molecule has 0 aliphatic carbocycles. The fraction of sp³-hybridized carbons (Fsp3) is 0.185. The molecule has 1 N–H and O–H groups in total. The molecular weight excluding hydrogens is 466 g/mol. The van der Waals surface area contributed by atoms with Gasteiger partial charge in [-0.25, -0.2) is 4.98 Å². The molecule has 0 saturated heterocycles. The lowest BCUT2D eigenvalue weighted by atomic mass is 10.0. The highest BCUT2D eigenvalue weighted by Gasteiger charge is 2.17. The van der Waals surface area contributed by atoms with Gasteiger partial charge in [0.25, 0.3) is 5.91 Å². The minimum atomic E-state index is -0.245. The first-order valence-electron chi connectivity index (χ1n) is 11.0. The second-order valence-corrected chi connectivity index (χ2v) is 9.36. The van der Waals surface area contributed by atoms with E-state index in [4.69, 9.17) is 16.3 Å². The molecule has 4 aromatic rings. The average Bonchev–Trinajstić information content (AvgIpc) is 3.38. The van der Waals surface area contributed by atoms with Crippen LogP contribution in [0.3, 0.4) is 0 Å². The van der Waals surface area contributed by atoms with Gasteiger partial charge in [0, 0.05) is 34.4 Å². The number of nitrogens with one attached hydrogen (secondary N) is 1. The van der Waals surface area contributed by atoms with Crippen molar-refractivity contribution in [3.05, 3.63) is 100.0 Å². The third kappa shape index (κ3) is 6.23. The molecule has 1 amide bonds. The predicted octanol–water partition coefficient (Wildman–Crippen LogP) is 6.67. The van der Waals surface area contributed by atoms with Crippen LogP contribution in [-0.4, -0.2) is 29.4 Å². The standard InChI is InChI=1S/C27H26ClN3O2S/c1-19(27-29-13-14-34-27)31(2)17-22-15-21(20-7-4-3-5-8-20)11-12-25(22)33-18-26(32)30-24-10-6-9-23(28)16-24/h3-16,19H,17-18H2,1-2H3,(H,30,32). The molecule has 0 bridgehead atoms. The summed E-state index contributed by atoms with van der Waals surface area (Å²) in [5.41, 5.74) is 3.87. The van der Waals surface area contributed by atoms with Crippen molar-refractivity contribution >= 4 is 34.5 Å². The highest BCUT2D eigenvalue weighted by atomic mass is 35.5. The fourth-order valence-electron chi connectivity index (χ4n) is 3.60. The lowest BCUT2D eigenvalue weighted by molar-refractivity contribution is -0.118. The van der Waals surface area contributed by atoms with Crippen LogP contribution in [0.25, 0.3) is 11.1 Å². The molecule has 0 saturated carbocycles. The number of hydrogen-bond donors (Lipinski definition) is 1. The number of anilines is 1. The molecule has 0 fully saturated rings. The average molecular weight is 492 g/mol. The van der Waals surface area contributed by atoms with Crippen LogP contribution in [0.5, 0.6) is 5.75 Å². The largest absolute Gasteiger partial charge is 0.483 e. The lowest BCUT2D eigenvalue weighted by Gasteiger charge is -2.24. The molecule has 4 rings (SSSR count). The van der Waals surface area contributed by atoms with E-state index in [1.54, 1.807) is 35.6 Å². The van der Waals surface area contributed by atoms with Gasteiger partial charge in [-0.3, -0.25) is 9.69 Å². The van der Waals surface area contributed by atoms with Crippen LogP contribution < -0.4 is 10.1 Å². The second-order valence-electron chi connectivity index (χ2n) is 8.00. The quantitative estimate of drug-likeness (QED) is 0.284. The van der Waals surface area contributed by atoms with Crippen LogP contribution in [-0.2, 0) is 11.3 Å². The monoisotopic (exact) mass is 491 g/mol. The van der Waals surface area contributed by atoms with Crippen molar-refractivity contribution in [3.8, 4) is 16.9 Å². The van der Waals surface area contributed by atoms with Gasteiger partial charge in [0.05, 0.1) is 6.04 Å². The maximum absolute atomic E-state index is 12.5. The third-order valence-electron chi connectivity index (χ3n) is 5.52. The fourth-order valence-corrected chi connectivity index (χ4v) is 4.55. The Kier molecular flexibility index (Phi) is 7.95. The van der Waals surface area contributed by atoms with Crippen LogP contribution in [0, 0.1) is 0 Å². The van der Waals surface area contributed by atoms with Gasteiger partial charge in [0.2, 0.25) is 0 Å². The number of benzene rings is 3. The zero-order valence-electron chi connectivity index (χ0n) is 19.1. The minimum absolute atomic E-state index is 0.101. The second kappa shape index (κ2) is 11.3. The van der Waals surface area contributed by atoms with Gasteiger partial charge in [-0.05, 0) is 55.4 Å². The maximum Gasteiger partial charge on any atom is 0.262 e. The van der Waals surface area contributed by atoms with Gasteiger partial charge in [-0.15, -0.1) is 11.3 Å². The van der Waals surface area contributed by atoms with Crippen molar-refractivity contribution in [2.24, 2.45) is 0 Å². The summed E-state index contributed by atoms with van der Waals surface area (Å²) in [4.78, 5) is 19.2. The van der Waals surface area contributed by atoms with Gasteiger partial charge >= 0.3 is 0 Å². The summed E-state index contributed by atoms with van der Waals surface area (Å²) in [6, 6.07) is 23.5. The van der Waals surface area contributed by atoms with E-state index in [0.29, 0.717) is 23.0 Å². The molecule has 5 nitrogen and oxygen atoms in total. The van der Waals surface area contributed by atoms with E-state index < -0.39 is 0 Å². The van der Waals surface area contributed by atoms with E-state index in [2.05, 4.69) is 47.4 Å². The zero-order chi connectivity index (χ0) is 23.9. The number of carbonyl (C=O) groups excluding carboxylic acids is 1. The molecule has 0 aliphatic rings. The van der Waals surface area contributed by atoms with Crippen molar-refractivity contribution in [3.63, 3.8) is 0 Å². The van der Waals surface area contributed by atoms with Crippen LogP contribution in [0.4, 0.5) is 5.69 Å². The molecule has 0 aliphatic heterocycles. The molecule has 1 aromatic heterocycles. The van der Waals surface area contributed by atoms with Gasteiger partial charge in [-0.2, -0.15) is 0 Å². The number of carbonyl (C=O) groups is 1.